The number of aromatic carboxylic acids is 1. The van der Waals surface area contributed by atoms with Crippen molar-refractivity contribution in [1.29, 1.82) is 0 Å². The van der Waals surface area contributed by atoms with E-state index in [9.17, 15) is 9.59 Å². The lowest BCUT2D eigenvalue weighted by Gasteiger charge is -2.07. The fraction of sp³-hybridized carbons (Fsp3) is 0.0556. The number of hydrogen-bond acceptors (Lipinski definition) is 5. The van der Waals surface area contributed by atoms with E-state index in [1.807, 2.05) is 12.1 Å². The van der Waals surface area contributed by atoms with Gasteiger partial charge in [-0.2, -0.15) is 4.99 Å². The van der Waals surface area contributed by atoms with Crippen molar-refractivity contribution in [1.82, 2.24) is 0 Å². The zero-order valence-electron chi connectivity index (χ0n) is 13.0. The molecule has 3 rings (SSSR count). The van der Waals surface area contributed by atoms with Crippen molar-refractivity contribution in [2.24, 2.45) is 10.7 Å². The van der Waals surface area contributed by atoms with Gasteiger partial charge < -0.3 is 15.6 Å². The molecule has 2 aromatic carbocycles. The average molecular weight is 354 g/mol. The molecule has 7 heteroatoms. The van der Waals surface area contributed by atoms with Crippen LogP contribution in [0.1, 0.15) is 21.5 Å². The van der Waals surface area contributed by atoms with Crippen LogP contribution in [0, 0.1) is 0 Å². The lowest BCUT2D eigenvalue weighted by molar-refractivity contribution is -0.113. The van der Waals surface area contributed by atoms with Crippen LogP contribution in [-0.4, -0.2) is 22.2 Å². The lowest BCUT2D eigenvalue weighted by atomic mass is 10.1. The Balaban J connectivity index is 1.60. The van der Waals surface area contributed by atoms with Crippen LogP contribution >= 0.6 is 11.8 Å². The molecule has 1 aliphatic rings. The molecule has 0 spiro atoms. The van der Waals surface area contributed by atoms with Crippen LogP contribution in [0.3, 0.4) is 0 Å². The second kappa shape index (κ2) is 7.23. The maximum Gasteiger partial charge on any atom is 0.335 e. The minimum atomic E-state index is -0.955. The summed E-state index contributed by atoms with van der Waals surface area (Å²) in [4.78, 5) is 26.5. The summed E-state index contributed by atoms with van der Waals surface area (Å²) >= 11 is 1.15. The Morgan fingerprint density at radius 1 is 1.16 bits per heavy atom. The van der Waals surface area contributed by atoms with Crippen molar-refractivity contribution in [2.75, 3.05) is 0 Å². The Morgan fingerprint density at radius 2 is 1.84 bits per heavy atom. The van der Waals surface area contributed by atoms with Gasteiger partial charge in [-0.05, 0) is 53.2 Å². The number of aliphatic imine (C=N–C) groups is 1. The van der Waals surface area contributed by atoms with Crippen LogP contribution in [0.2, 0.25) is 0 Å². The summed E-state index contributed by atoms with van der Waals surface area (Å²) < 4.78 is 5.67. The molecular weight excluding hydrogens is 340 g/mol. The molecule has 0 saturated carbocycles. The number of amides is 1. The number of nitrogens with two attached hydrogens (primary N) is 1. The van der Waals surface area contributed by atoms with Crippen molar-refractivity contribution in [3.8, 4) is 5.75 Å². The summed E-state index contributed by atoms with van der Waals surface area (Å²) in [5, 5.41) is 9.12. The number of thioether (sulfide) groups is 1. The van der Waals surface area contributed by atoms with Gasteiger partial charge in [0.2, 0.25) is 0 Å². The molecule has 0 unspecified atom stereocenters. The van der Waals surface area contributed by atoms with Gasteiger partial charge in [0.05, 0.1) is 10.5 Å². The molecule has 0 radical (unpaired) electrons. The normalized spacial score (nSPS) is 15.3. The third-order valence-corrected chi connectivity index (χ3v) is 4.23. The van der Waals surface area contributed by atoms with Crippen LogP contribution in [0.4, 0.5) is 0 Å². The number of rotatable bonds is 5. The molecule has 0 fully saturated rings. The molecule has 6 nitrogen and oxygen atoms in total. The highest BCUT2D eigenvalue weighted by atomic mass is 32.2. The fourth-order valence-corrected chi connectivity index (χ4v) is 2.83. The first-order chi connectivity index (χ1) is 12.0. The third-order valence-electron chi connectivity index (χ3n) is 3.42. The number of hydrogen-bond donors (Lipinski definition) is 2. The highest BCUT2D eigenvalue weighted by molar-refractivity contribution is 8.18. The smallest absolute Gasteiger partial charge is 0.335 e. The Bertz CT molecular complexity index is 871. The van der Waals surface area contributed by atoms with E-state index in [0.717, 1.165) is 22.9 Å². The topological polar surface area (TPSA) is 102 Å². The first kappa shape index (κ1) is 16.8. The van der Waals surface area contributed by atoms with Gasteiger partial charge in [0.1, 0.15) is 12.4 Å². The Labute approximate surface area is 148 Å². The predicted octanol–water partition coefficient (Wildman–Crippen LogP) is 2.89. The molecule has 1 amide bonds. The van der Waals surface area contributed by atoms with Gasteiger partial charge in [0.15, 0.2) is 5.17 Å². The van der Waals surface area contributed by atoms with Gasteiger partial charge in [0.25, 0.3) is 5.91 Å². The van der Waals surface area contributed by atoms with E-state index in [1.165, 1.54) is 0 Å². The summed E-state index contributed by atoms with van der Waals surface area (Å²) in [7, 11) is 0. The number of carbonyl (C=O) groups is 2. The molecule has 0 saturated heterocycles. The van der Waals surface area contributed by atoms with Crippen molar-refractivity contribution in [3.05, 3.63) is 70.1 Å². The molecule has 3 N–H and O–H groups in total. The Kier molecular flexibility index (Phi) is 4.85. The molecule has 126 valence electrons. The summed E-state index contributed by atoms with van der Waals surface area (Å²) in [5.41, 5.74) is 7.47. The van der Waals surface area contributed by atoms with E-state index in [0.29, 0.717) is 17.3 Å². The van der Waals surface area contributed by atoms with Crippen LogP contribution < -0.4 is 10.5 Å². The van der Waals surface area contributed by atoms with Crippen molar-refractivity contribution >= 4 is 34.9 Å². The number of ether oxygens (including phenoxy) is 1. The minimum absolute atomic E-state index is 0.241. The molecule has 0 atom stereocenters. The zero-order chi connectivity index (χ0) is 17.8. The summed E-state index contributed by atoms with van der Waals surface area (Å²) in [6.07, 6.45) is 1.73. The van der Waals surface area contributed by atoms with Crippen LogP contribution in [0.15, 0.2) is 58.4 Å². The van der Waals surface area contributed by atoms with Crippen molar-refractivity contribution in [2.45, 2.75) is 6.61 Å². The summed E-state index contributed by atoms with van der Waals surface area (Å²) in [6, 6.07) is 13.8. The quantitative estimate of drug-likeness (QED) is 0.801. The number of benzene rings is 2. The Hall–Kier alpha value is -3.06. The SMILES string of the molecule is NC1=NC(=O)C(=Cc2ccc(OCc3ccc(C(=O)O)cc3)cc2)S1. The lowest BCUT2D eigenvalue weighted by Crippen LogP contribution is -2.01. The highest BCUT2D eigenvalue weighted by Gasteiger charge is 2.19. The van der Waals surface area contributed by atoms with Crippen LogP contribution in [0.5, 0.6) is 5.75 Å². The van der Waals surface area contributed by atoms with Gasteiger partial charge in [0, 0.05) is 0 Å². The van der Waals surface area contributed by atoms with Gasteiger partial charge in [-0.1, -0.05) is 24.3 Å². The molecule has 25 heavy (non-hydrogen) atoms. The van der Waals surface area contributed by atoms with Gasteiger partial charge >= 0.3 is 5.97 Å². The van der Waals surface area contributed by atoms with E-state index in [-0.39, 0.29) is 16.6 Å². The van der Waals surface area contributed by atoms with Crippen molar-refractivity contribution < 1.29 is 19.4 Å². The number of amidine groups is 1. The largest absolute Gasteiger partial charge is 0.489 e. The second-order valence-corrected chi connectivity index (χ2v) is 6.29. The molecule has 0 aromatic heterocycles. The maximum absolute atomic E-state index is 11.6. The molecule has 1 aliphatic heterocycles. The van der Waals surface area contributed by atoms with E-state index in [1.54, 1.807) is 42.5 Å². The fourth-order valence-electron chi connectivity index (χ4n) is 2.15. The van der Waals surface area contributed by atoms with Gasteiger partial charge in [-0.25, -0.2) is 4.79 Å². The minimum Gasteiger partial charge on any atom is -0.489 e. The first-order valence-electron chi connectivity index (χ1n) is 7.34. The van der Waals surface area contributed by atoms with Gasteiger partial charge in [-0.3, -0.25) is 4.79 Å². The summed E-state index contributed by atoms with van der Waals surface area (Å²) in [5.74, 6) is -0.610. The standard InChI is InChI=1S/C18H14N2O4S/c19-18-20-16(21)15(25-18)9-11-3-7-14(8-4-11)24-10-12-1-5-13(6-2-12)17(22)23/h1-9H,10H2,(H,22,23)(H2,19,20,21). The number of carboxylic acid groups (broad SMARTS) is 1. The molecule has 1 heterocycles. The number of carboxylic acids is 1. The monoisotopic (exact) mass is 354 g/mol. The Morgan fingerprint density at radius 3 is 2.40 bits per heavy atom. The average Bonchev–Trinajstić information content (AvgIpc) is 2.92. The highest BCUT2D eigenvalue weighted by Crippen LogP contribution is 2.27. The molecule has 0 aliphatic carbocycles. The molecule has 2 aromatic rings. The van der Waals surface area contributed by atoms with Crippen LogP contribution in [0.25, 0.3) is 6.08 Å². The third kappa shape index (κ3) is 4.27. The van der Waals surface area contributed by atoms with E-state index in [4.69, 9.17) is 15.6 Å². The van der Waals surface area contributed by atoms with E-state index >= 15 is 0 Å². The maximum atomic E-state index is 11.6. The van der Waals surface area contributed by atoms with Crippen LogP contribution in [-0.2, 0) is 11.4 Å². The summed E-state index contributed by atoms with van der Waals surface area (Å²) in [6.45, 7) is 0.332. The second-order valence-electron chi connectivity index (χ2n) is 5.23. The zero-order valence-corrected chi connectivity index (χ0v) is 13.8. The van der Waals surface area contributed by atoms with Crippen molar-refractivity contribution in [3.63, 3.8) is 0 Å². The van der Waals surface area contributed by atoms with E-state index in [2.05, 4.69) is 4.99 Å². The van der Waals surface area contributed by atoms with Gasteiger partial charge in [-0.15, -0.1) is 0 Å². The predicted molar refractivity (Wildman–Crippen MR) is 96.4 cm³/mol. The first-order valence-corrected chi connectivity index (χ1v) is 8.16. The number of nitrogens with zero attached hydrogens (tertiary/aromatic N) is 1. The molecular formula is C18H14N2O4S. The van der Waals surface area contributed by atoms with E-state index < -0.39 is 5.97 Å². The molecule has 0 bridgehead atoms. The number of carbonyl (C=O) groups excluding carboxylic acids is 1.